The van der Waals surface area contributed by atoms with Gasteiger partial charge in [-0.1, -0.05) is 59.3 Å². The van der Waals surface area contributed by atoms with Crippen LogP contribution in [0.1, 0.15) is 36.6 Å². The average molecular weight is 654 g/mol. The maximum atomic E-state index is 13.8. The number of thiazole rings is 1. The van der Waals surface area contributed by atoms with E-state index in [1.54, 1.807) is 43.7 Å². The number of nitrogens with zero attached hydrogens (tertiary/aromatic N) is 2. The highest BCUT2D eigenvalue weighted by Crippen LogP contribution is 2.32. The Morgan fingerprint density at radius 3 is 2.59 bits per heavy atom. The van der Waals surface area contributed by atoms with Crippen LogP contribution in [-0.4, -0.2) is 24.3 Å². The van der Waals surface area contributed by atoms with Gasteiger partial charge in [0, 0.05) is 10.6 Å². The third-order valence-electron chi connectivity index (χ3n) is 6.54. The van der Waals surface area contributed by atoms with Crippen LogP contribution < -0.4 is 24.4 Å². The van der Waals surface area contributed by atoms with Crippen molar-refractivity contribution in [2.75, 3.05) is 13.7 Å². The normalized spacial score (nSPS) is 14.9. The van der Waals surface area contributed by atoms with Crippen molar-refractivity contribution in [3.63, 3.8) is 0 Å². The molecule has 0 amide bonds. The number of carbonyl (C=O) groups excluding carboxylic acids is 1. The molecule has 2 heterocycles. The van der Waals surface area contributed by atoms with Crippen LogP contribution in [0.5, 0.6) is 11.5 Å². The Morgan fingerprint density at radius 1 is 1.15 bits per heavy atom. The number of aromatic nitrogens is 1. The van der Waals surface area contributed by atoms with E-state index in [4.69, 9.17) is 25.8 Å². The number of fused-ring (bicyclic) bond motifs is 1. The lowest BCUT2D eigenvalue weighted by Gasteiger charge is -2.24. The van der Waals surface area contributed by atoms with Gasteiger partial charge >= 0.3 is 5.97 Å². The highest BCUT2D eigenvalue weighted by molar-refractivity contribution is 9.10. The van der Waals surface area contributed by atoms with Gasteiger partial charge in [0.2, 0.25) is 0 Å². The van der Waals surface area contributed by atoms with E-state index in [0.717, 1.165) is 21.2 Å². The fraction of sp³-hybridized carbons (Fsp3) is 0.194. The molecule has 1 aliphatic rings. The Labute approximate surface area is 254 Å². The first-order valence-electron chi connectivity index (χ1n) is 12.8. The average Bonchev–Trinajstić information content (AvgIpc) is 3.26. The highest BCUT2D eigenvalue weighted by atomic mass is 79.9. The summed E-state index contributed by atoms with van der Waals surface area (Å²) in [6, 6.07) is 19.7. The zero-order valence-corrected chi connectivity index (χ0v) is 25.7. The minimum Gasteiger partial charge on any atom is -0.497 e. The molecule has 0 aliphatic carbocycles. The van der Waals surface area contributed by atoms with Crippen LogP contribution in [0.4, 0.5) is 0 Å². The van der Waals surface area contributed by atoms with Gasteiger partial charge in [-0.3, -0.25) is 9.36 Å². The molecule has 0 saturated carbocycles. The summed E-state index contributed by atoms with van der Waals surface area (Å²) in [6.07, 6.45) is 1.81. The van der Waals surface area contributed by atoms with Crippen molar-refractivity contribution in [1.29, 1.82) is 0 Å². The molecular formula is C31H26BrClN2O5S. The van der Waals surface area contributed by atoms with Gasteiger partial charge in [0.15, 0.2) is 4.80 Å². The summed E-state index contributed by atoms with van der Waals surface area (Å²) in [5.74, 6) is 0.822. The lowest BCUT2D eigenvalue weighted by molar-refractivity contribution is -0.139. The summed E-state index contributed by atoms with van der Waals surface area (Å²) in [5, 5.41) is 0.643. The molecule has 0 unspecified atom stereocenters. The van der Waals surface area contributed by atoms with Gasteiger partial charge in [-0.25, -0.2) is 9.79 Å². The molecule has 210 valence electrons. The Morgan fingerprint density at radius 2 is 1.90 bits per heavy atom. The number of methoxy groups -OCH3 is 1. The molecule has 7 nitrogen and oxygen atoms in total. The summed E-state index contributed by atoms with van der Waals surface area (Å²) >= 11 is 11.1. The summed E-state index contributed by atoms with van der Waals surface area (Å²) in [5.41, 5.74) is 3.03. The third-order valence-corrected chi connectivity index (χ3v) is 8.51. The first-order chi connectivity index (χ1) is 19.8. The van der Waals surface area contributed by atoms with E-state index >= 15 is 0 Å². The van der Waals surface area contributed by atoms with Crippen LogP contribution in [0.15, 0.2) is 92.3 Å². The predicted octanol–water partition coefficient (Wildman–Crippen LogP) is 5.80. The Bertz CT molecular complexity index is 1830. The van der Waals surface area contributed by atoms with Crippen LogP contribution in [0.25, 0.3) is 6.08 Å². The summed E-state index contributed by atoms with van der Waals surface area (Å²) < 4.78 is 19.4. The van der Waals surface area contributed by atoms with E-state index in [-0.39, 0.29) is 12.2 Å². The van der Waals surface area contributed by atoms with E-state index < -0.39 is 12.0 Å². The molecule has 0 spiro atoms. The largest absolute Gasteiger partial charge is 0.497 e. The second-order valence-electron chi connectivity index (χ2n) is 9.15. The summed E-state index contributed by atoms with van der Waals surface area (Å²) in [6.45, 7) is 4.04. The number of rotatable bonds is 8. The maximum Gasteiger partial charge on any atom is 0.338 e. The first-order valence-corrected chi connectivity index (χ1v) is 14.8. The van der Waals surface area contributed by atoms with Crippen molar-refractivity contribution >= 4 is 50.9 Å². The number of esters is 1. The molecule has 0 N–H and O–H groups in total. The third kappa shape index (κ3) is 6.02. The molecule has 0 bridgehead atoms. The zero-order chi connectivity index (χ0) is 29.1. The topological polar surface area (TPSA) is 79.1 Å². The lowest BCUT2D eigenvalue weighted by atomic mass is 9.96. The van der Waals surface area contributed by atoms with Gasteiger partial charge < -0.3 is 14.2 Å². The fourth-order valence-corrected chi connectivity index (χ4v) is 6.29. The van der Waals surface area contributed by atoms with Crippen LogP contribution in [-0.2, 0) is 16.1 Å². The Balaban J connectivity index is 1.53. The molecule has 1 aliphatic heterocycles. The van der Waals surface area contributed by atoms with Crippen molar-refractivity contribution < 1.29 is 19.0 Å². The number of carbonyl (C=O) groups is 1. The Kier molecular flexibility index (Phi) is 8.77. The molecule has 0 fully saturated rings. The van der Waals surface area contributed by atoms with Gasteiger partial charge in [0.05, 0.1) is 40.0 Å². The van der Waals surface area contributed by atoms with Crippen LogP contribution in [0.3, 0.4) is 0 Å². The van der Waals surface area contributed by atoms with Crippen molar-refractivity contribution in [3.8, 4) is 11.5 Å². The number of hydrogen-bond donors (Lipinski definition) is 0. The van der Waals surface area contributed by atoms with Gasteiger partial charge in [-0.2, -0.15) is 0 Å². The molecule has 4 aromatic rings. The second-order valence-corrected chi connectivity index (χ2v) is 11.4. The molecular weight excluding hydrogens is 628 g/mol. The highest BCUT2D eigenvalue weighted by Gasteiger charge is 2.33. The van der Waals surface area contributed by atoms with Crippen LogP contribution >= 0.6 is 38.9 Å². The van der Waals surface area contributed by atoms with Crippen molar-refractivity contribution in [3.05, 3.63) is 124 Å². The molecule has 1 atom stereocenters. The van der Waals surface area contributed by atoms with Crippen molar-refractivity contribution in [1.82, 2.24) is 4.57 Å². The molecule has 5 rings (SSSR count). The van der Waals surface area contributed by atoms with E-state index in [9.17, 15) is 9.59 Å². The number of allylic oxidation sites excluding steroid dienone is 1. The summed E-state index contributed by atoms with van der Waals surface area (Å²) in [7, 11) is 1.59. The van der Waals surface area contributed by atoms with Crippen LogP contribution in [0.2, 0.25) is 5.02 Å². The SMILES string of the molecule is CCOC(=O)C1=C(C)N=c2s/c(=C\c3ccc(OCc4ccccc4Cl)c(Br)c3)c(=O)n2[C@H]1c1ccc(OC)cc1. The predicted molar refractivity (Wildman–Crippen MR) is 163 cm³/mol. The van der Waals surface area contributed by atoms with Gasteiger partial charge in [-0.15, -0.1) is 0 Å². The smallest absolute Gasteiger partial charge is 0.338 e. The lowest BCUT2D eigenvalue weighted by Crippen LogP contribution is -2.39. The van der Waals surface area contributed by atoms with Gasteiger partial charge in [-0.05, 0) is 77.3 Å². The molecule has 41 heavy (non-hydrogen) atoms. The number of benzene rings is 3. The van der Waals surface area contributed by atoms with E-state index in [2.05, 4.69) is 20.9 Å². The molecule has 0 saturated heterocycles. The number of hydrogen-bond acceptors (Lipinski definition) is 7. The molecule has 0 radical (unpaired) electrons. The second kappa shape index (κ2) is 12.5. The number of halogens is 2. The Hall–Kier alpha value is -3.66. The first kappa shape index (κ1) is 28.9. The molecule has 10 heteroatoms. The standard InChI is InChI=1S/C31H26BrClN2O5S/c1-4-39-30(37)27-18(2)34-31-35(28(27)20-10-12-22(38-3)13-11-20)29(36)26(41-31)16-19-9-14-25(23(32)15-19)40-17-21-7-5-6-8-24(21)33/h5-16,28H,4,17H2,1-3H3/b26-16-/t28-/m0/s1. The quantitative estimate of drug-likeness (QED) is 0.225. The van der Waals surface area contributed by atoms with E-state index in [0.29, 0.717) is 43.7 Å². The van der Waals surface area contributed by atoms with Crippen molar-refractivity contribution in [2.24, 2.45) is 4.99 Å². The number of ether oxygens (including phenoxy) is 3. The van der Waals surface area contributed by atoms with E-state index in [1.165, 1.54) is 11.3 Å². The fourth-order valence-electron chi connectivity index (χ4n) is 4.54. The zero-order valence-electron chi connectivity index (χ0n) is 22.5. The minimum atomic E-state index is -0.689. The molecule has 1 aromatic heterocycles. The van der Waals surface area contributed by atoms with Gasteiger partial charge in [0.1, 0.15) is 18.1 Å². The maximum absolute atomic E-state index is 13.8. The van der Waals surface area contributed by atoms with Gasteiger partial charge in [0.25, 0.3) is 5.56 Å². The van der Waals surface area contributed by atoms with Crippen molar-refractivity contribution in [2.45, 2.75) is 26.5 Å². The van der Waals surface area contributed by atoms with Crippen LogP contribution in [0, 0.1) is 0 Å². The summed E-state index contributed by atoms with van der Waals surface area (Å²) in [4.78, 5) is 32.0. The minimum absolute atomic E-state index is 0.211. The monoisotopic (exact) mass is 652 g/mol. The van der Waals surface area contributed by atoms with E-state index in [1.807, 2.05) is 54.6 Å². The molecule has 3 aromatic carbocycles.